The Morgan fingerprint density at radius 2 is 2.00 bits per heavy atom. The molecule has 3 aromatic rings. The van der Waals surface area contributed by atoms with Crippen LogP contribution in [0, 0.1) is 9.39 Å². The highest BCUT2D eigenvalue weighted by atomic mass is 127. The number of carbonyl (C=O) groups is 1. The van der Waals surface area contributed by atoms with E-state index >= 15 is 0 Å². The number of hydrogen-bond donors (Lipinski definition) is 3. The third-order valence-corrected chi connectivity index (χ3v) is 6.64. The average molecular weight is 577 g/mol. The summed E-state index contributed by atoms with van der Waals surface area (Å²) in [5.74, 6) is -0.662. The molecule has 32 heavy (non-hydrogen) atoms. The Bertz CT molecular complexity index is 1250. The lowest BCUT2D eigenvalue weighted by Crippen LogP contribution is -2.34. The molecule has 0 aliphatic heterocycles. The SMILES string of the molecule is CNC(=O)c1c(-c2ccc(F)cc2)oc2nc(N(CCC(O)CO)S(C)(=O)=O)c(I)cc12. The van der Waals surface area contributed by atoms with Crippen molar-refractivity contribution in [3.05, 3.63) is 45.3 Å². The van der Waals surface area contributed by atoms with Crippen LogP contribution in [0.2, 0.25) is 0 Å². The van der Waals surface area contributed by atoms with E-state index in [0.717, 1.165) is 10.6 Å². The van der Waals surface area contributed by atoms with Gasteiger partial charge < -0.3 is 19.9 Å². The zero-order valence-electron chi connectivity index (χ0n) is 17.2. The number of nitrogens with zero attached hydrogens (tertiary/aromatic N) is 2. The van der Waals surface area contributed by atoms with Gasteiger partial charge in [0, 0.05) is 19.2 Å². The van der Waals surface area contributed by atoms with E-state index in [1.807, 2.05) is 22.6 Å². The molecule has 3 rings (SSSR count). The number of rotatable bonds is 8. The van der Waals surface area contributed by atoms with E-state index in [9.17, 15) is 22.7 Å². The van der Waals surface area contributed by atoms with Crippen LogP contribution in [0.4, 0.5) is 10.2 Å². The number of furan rings is 1. The van der Waals surface area contributed by atoms with Crippen LogP contribution in [-0.2, 0) is 10.0 Å². The summed E-state index contributed by atoms with van der Waals surface area (Å²) in [4.78, 5) is 17.0. The molecular formula is C20H21FIN3O6S. The highest BCUT2D eigenvalue weighted by Crippen LogP contribution is 2.36. The number of aromatic nitrogens is 1. The minimum atomic E-state index is -3.78. The predicted octanol–water partition coefficient (Wildman–Crippen LogP) is 2.11. The van der Waals surface area contributed by atoms with Gasteiger partial charge in [-0.3, -0.25) is 9.10 Å². The highest BCUT2D eigenvalue weighted by molar-refractivity contribution is 14.1. The van der Waals surface area contributed by atoms with Crippen LogP contribution in [0.1, 0.15) is 16.8 Å². The van der Waals surface area contributed by atoms with Crippen LogP contribution >= 0.6 is 22.6 Å². The first-order valence-electron chi connectivity index (χ1n) is 9.44. The Morgan fingerprint density at radius 1 is 1.34 bits per heavy atom. The molecule has 2 aromatic heterocycles. The van der Waals surface area contributed by atoms with Gasteiger partial charge in [-0.15, -0.1) is 0 Å². The van der Waals surface area contributed by atoms with Crippen LogP contribution in [0.3, 0.4) is 0 Å². The largest absolute Gasteiger partial charge is 0.437 e. The zero-order valence-corrected chi connectivity index (χ0v) is 20.1. The molecule has 172 valence electrons. The third-order valence-electron chi connectivity index (χ3n) is 4.69. The van der Waals surface area contributed by atoms with Gasteiger partial charge >= 0.3 is 0 Å². The van der Waals surface area contributed by atoms with Gasteiger partial charge in [0.25, 0.3) is 5.91 Å². The molecule has 2 heterocycles. The predicted molar refractivity (Wildman–Crippen MR) is 125 cm³/mol. The highest BCUT2D eigenvalue weighted by Gasteiger charge is 2.27. The number of fused-ring (bicyclic) bond motifs is 1. The van der Waals surface area contributed by atoms with E-state index in [4.69, 9.17) is 9.52 Å². The van der Waals surface area contributed by atoms with Gasteiger partial charge in [0.2, 0.25) is 15.7 Å². The summed E-state index contributed by atoms with van der Waals surface area (Å²) in [6.07, 6.45) is -0.0985. The van der Waals surface area contributed by atoms with Gasteiger partial charge in [0.15, 0.2) is 5.82 Å². The van der Waals surface area contributed by atoms with Crippen LogP contribution in [0.25, 0.3) is 22.4 Å². The molecule has 9 nitrogen and oxygen atoms in total. The molecule has 0 aliphatic carbocycles. The minimum absolute atomic E-state index is 0.0121. The number of aliphatic hydroxyl groups is 2. The molecule has 1 amide bonds. The Kier molecular flexibility index (Phi) is 7.37. The second-order valence-electron chi connectivity index (χ2n) is 7.00. The molecule has 0 fully saturated rings. The first kappa shape index (κ1) is 24.4. The van der Waals surface area contributed by atoms with E-state index in [-0.39, 0.29) is 35.8 Å². The molecule has 0 aliphatic rings. The molecule has 12 heteroatoms. The summed E-state index contributed by atoms with van der Waals surface area (Å²) in [6, 6.07) is 6.97. The molecule has 0 bridgehead atoms. The number of nitrogens with one attached hydrogen (secondary N) is 1. The quantitative estimate of drug-likeness (QED) is 0.350. The number of carbonyl (C=O) groups excluding carboxylic acids is 1. The number of benzene rings is 1. The minimum Gasteiger partial charge on any atom is -0.437 e. The second-order valence-corrected chi connectivity index (χ2v) is 10.1. The average Bonchev–Trinajstić information content (AvgIpc) is 3.10. The van der Waals surface area contributed by atoms with E-state index in [1.54, 1.807) is 6.07 Å². The Hall–Kier alpha value is -2.29. The Morgan fingerprint density at radius 3 is 2.56 bits per heavy atom. The molecule has 3 N–H and O–H groups in total. The first-order chi connectivity index (χ1) is 15.1. The summed E-state index contributed by atoms with van der Waals surface area (Å²) in [5, 5.41) is 21.6. The van der Waals surface area contributed by atoms with Gasteiger partial charge in [0.1, 0.15) is 11.6 Å². The topological polar surface area (TPSA) is 133 Å². The van der Waals surface area contributed by atoms with Gasteiger partial charge in [0.05, 0.1) is 33.5 Å². The summed E-state index contributed by atoms with van der Waals surface area (Å²) in [7, 11) is -2.33. The number of aliphatic hydroxyl groups excluding tert-OH is 2. The number of anilines is 1. The van der Waals surface area contributed by atoms with E-state index in [0.29, 0.717) is 14.5 Å². The maximum atomic E-state index is 13.4. The number of amides is 1. The number of sulfonamides is 1. The molecular weight excluding hydrogens is 556 g/mol. The molecule has 0 radical (unpaired) electrons. The zero-order chi connectivity index (χ0) is 23.6. The molecule has 1 unspecified atom stereocenters. The third kappa shape index (κ3) is 5.03. The van der Waals surface area contributed by atoms with Crippen molar-refractivity contribution < 1.29 is 32.2 Å². The van der Waals surface area contributed by atoms with Crippen molar-refractivity contribution in [3.8, 4) is 11.3 Å². The van der Waals surface area contributed by atoms with Crippen LogP contribution < -0.4 is 9.62 Å². The van der Waals surface area contributed by atoms with Gasteiger partial charge in [-0.1, -0.05) is 0 Å². The molecule has 1 atom stereocenters. The normalized spacial score (nSPS) is 12.7. The number of halogens is 2. The van der Waals surface area contributed by atoms with Crippen molar-refractivity contribution >= 4 is 55.4 Å². The van der Waals surface area contributed by atoms with Crippen molar-refractivity contribution in [2.45, 2.75) is 12.5 Å². The van der Waals surface area contributed by atoms with Crippen molar-refractivity contribution in [3.63, 3.8) is 0 Å². The second kappa shape index (κ2) is 9.68. The lowest BCUT2D eigenvalue weighted by Gasteiger charge is -2.23. The fourth-order valence-corrected chi connectivity index (χ4v) is 4.88. The molecule has 0 spiro atoms. The van der Waals surface area contributed by atoms with Crippen molar-refractivity contribution in [1.82, 2.24) is 10.3 Å². The summed E-state index contributed by atoms with van der Waals surface area (Å²) in [5.41, 5.74) is 0.660. The fourth-order valence-electron chi connectivity index (χ4n) is 3.11. The number of hydrogen-bond acceptors (Lipinski definition) is 7. The molecule has 1 aromatic carbocycles. The van der Waals surface area contributed by atoms with Gasteiger partial charge in [-0.25, -0.2) is 12.8 Å². The Labute approximate surface area is 197 Å². The summed E-state index contributed by atoms with van der Waals surface area (Å²) in [6.45, 7) is -0.626. The van der Waals surface area contributed by atoms with Crippen molar-refractivity contribution in [1.29, 1.82) is 0 Å². The van der Waals surface area contributed by atoms with Crippen LogP contribution in [0.5, 0.6) is 0 Å². The summed E-state index contributed by atoms with van der Waals surface area (Å²) < 4.78 is 45.5. The first-order valence-corrected chi connectivity index (χ1v) is 12.4. The van der Waals surface area contributed by atoms with E-state index in [2.05, 4.69) is 10.3 Å². The van der Waals surface area contributed by atoms with Crippen molar-refractivity contribution in [2.24, 2.45) is 0 Å². The lowest BCUT2D eigenvalue weighted by atomic mass is 10.1. The lowest BCUT2D eigenvalue weighted by molar-refractivity contribution is 0.0904. The van der Waals surface area contributed by atoms with Crippen LogP contribution in [0.15, 0.2) is 34.7 Å². The standard InChI is InChI=1S/C20H21FIN3O6S/c1-23-19(28)16-14-9-15(22)18(25(32(2,29)30)8-7-13(27)10-26)24-20(14)31-17(16)11-3-5-12(21)6-4-11/h3-6,9,13,26-27H,7-8,10H2,1-2H3,(H,23,28). The summed E-state index contributed by atoms with van der Waals surface area (Å²) >= 11 is 1.91. The van der Waals surface area contributed by atoms with Gasteiger partial charge in [-0.2, -0.15) is 4.98 Å². The maximum absolute atomic E-state index is 13.4. The maximum Gasteiger partial charge on any atom is 0.255 e. The van der Waals surface area contributed by atoms with E-state index < -0.39 is 34.5 Å². The Balaban J connectivity index is 2.20. The smallest absolute Gasteiger partial charge is 0.255 e. The fraction of sp³-hybridized carbons (Fsp3) is 0.300. The van der Waals surface area contributed by atoms with Crippen LogP contribution in [-0.4, -0.2) is 62.1 Å². The van der Waals surface area contributed by atoms with E-state index in [1.165, 1.54) is 31.3 Å². The monoisotopic (exact) mass is 577 g/mol. The number of pyridine rings is 1. The molecule has 0 saturated carbocycles. The molecule has 0 saturated heterocycles. The van der Waals surface area contributed by atoms with Crippen molar-refractivity contribution in [2.75, 3.05) is 30.8 Å². The van der Waals surface area contributed by atoms with Gasteiger partial charge in [-0.05, 0) is 59.3 Å².